The SMILES string of the molecule is CC(C)c1cc(N2CCCC(c3cnc4c(F)cc(F)cn34)C2)nc(N)n1. The number of rotatable bonds is 3. The Hall–Kier alpha value is -2.77. The van der Waals surface area contributed by atoms with Gasteiger partial charge in [-0.2, -0.15) is 4.98 Å². The molecule has 1 unspecified atom stereocenters. The average molecular weight is 372 g/mol. The molecule has 0 radical (unpaired) electrons. The van der Waals surface area contributed by atoms with E-state index in [1.165, 1.54) is 10.6 Å². The standard InChI is InChI=1S/C19H22F2N6/c1-11(2)15-7-17(25-19(22)24-15)26-5-3-4-12(9-26)16-8-23-18-14(21)6-13(20)10-27(16)18/h6-8,10-12H,3-5,9H2,1-2H3,(H2,22,24,25). The smallest absolute Gasteiger partial charge is 0.222 e. The fraction of sp³-hybridized carbons (Fsp3) is 0.421. The molecule has 0 spiro atoms. The second-order valence-corrected chi connectivity index (χ2v) is 7.33. The van der Waals surface area contributed by atoms with Gasteiger partial charge in [-0.15, -0.1) is 0 Å². The van der Waals surface area contributed by atoms with Gasteiger partial charge in [-0.1, -0.05) is 13.8 Å². The van der Waals surface area contributed by atoms with E-state index in [1.54, 1.807) is 6.20 Å². The van der Waals surface area contributed by atoms with E-state index in [0.717, 1.165) is 42.7 Å². The van der Waals surface area contributed by atoms with Crippen LogP contribution >= 0.6 is 0 Å². The first-order chi connectivity index (χ1) is 12.9. The summed E-state index contributed by atoms with van der Waals surface area (Å²) >= 11 is 0. The predicted molar refractivity (Wildman–Crippen MR) is 99.8 cm³/mol. The lowest BCUT2D eigenvalue weighted by Gasteiger charge is -2.33. The number of imidazole rings is 1. The van der Waals surface area contributed by atoms with Gasteiger partial charge in [-0.05, 0) is 18.8 Å². The molecule has 2 N–H and O–H groups in total. The molecule has 4 rings (SSSR count). The number of fused-ring (bicyclic) bond motifs is 1. The third-order valence-electron chi connectivity index (χ3n) is 5.06. The summed E-state index contributed by atoms with van der Waals surface area (Å²) in [5.74, 6) is 0.128. The molecular weight excluding hydrogens is 350 g/mol. The number of nitrogens with two attached hydrogens (primary N) is 1. The van der Waals surface area contributed by atoms with E-state index in [0.29, 0.717) is 6.54 Å². The maximum atomic E-state index is 14.0. The van der Waals surface area contributed by atoms with Crippen molar-refractivity contribution in [1.82, 2.24) is 19.4 Å². The van der Waals surface area contributed by atoms with Crippen molar-refractivity contribution in [3.63, 3.8) is 0 Å². The van der Waals surface area contributed by atoms with Crippen LogP contribution in [0.15, 0.2) is 24.5 Å². The number of nitrogen functional groups attached to an aromatic ring is 1. The van der Waals surface area contributed by atoms with Gasteiger partial charge in [0.2, 0.25) is 5.95 Å². The quantitative estimate of drug-likeness (QED) is 0.762. The van der Waals surface area contributed by atoms with E-state index in [1.807, 2.05) is 6.07 Å². The largest absolute Gasteiger partial charge is 0.368 e. The van der Waals surface area contributed by atoms with Crippen LogP contribution in [0.5, 0.6) is 0 Å². The summed E-state index contributed by atoms with van der Waals surface area (Å²) in [5.41, 5.74) is 7.75. The van der Waals surface area contributed by atoms with E-state index < -0.39 is 11.6 Å². The topological polar surface area (TPSA) is 72.3 Å². The number of aromatic nitrogens is 4. The van der Waals surface area contributed by atoms with Crippen molar-refractivity contribution in [2.24, 2.45) is 0 Å². The third kappa shape index (κ3) is 3.31. The number of halogens is 2. The second kappa shape index (κ2) is 6.75. The highest BCUT2D eigenvalue weighted by atomic mass is 19.1. The van der Waals surface area contributed by atoms with Gasteiger partial charge in [0.05, 0.1) is 5.69 Å². The van der Waals surface area contributed by atoms with Gasteiger partial charge in [0.15, 0.2) is 11.5 Å². The minimum Gasteiger partial charge on any atom is -0.368 e. The Labute approximate surface area is 156 Å². The molecule has 6 nitrogen and oxygen atoms in total. The molecule has 1 atom stereocenters. The first-order valence-electron chi connectivity index (χ1n) is 9.13. The van der Waals surface area contributed by atoms with Gasteiger partial charge < -0.3 is 10.6 Å². The summed E-state index contributed by atoms with van der Waals surface area (Å²) in [6.45, 7) is 5.65. The summed E-state index contributed by atoms with van der Waals surface area (Å²) in [5, 5.41) is 0. The maximum absolute atomic E-state index is 14.0. The van der Waals surface area contributed by atoms with Crippen LogP contribution in [0.25, 0.3) is 5.65 Å². The minimum atomic E-state index is -0.654. The molecular formula is C19H22F2N6. The first-order valence-corrected chi connectivity index (χ1v) is 9.13. The zero-order valence-corrected chi connectivity index (χ0v) is 15.4. The summed E-state index contributed by atoms with van der Waals surface area (Å²) in [4.78, 5) is 15.0. The van der Waals surface area contributed by atoms with Crippen LogP contribution in [0.3, 0.4) is 0 Å². The van der Waals surface area contributed by atoms with Crippen molar-refractivity contribution in [3.8, 4) is 0 Å². The van der Waals surface area contributed by atoms with Crippen LogP contribution < -0.4 is 10.6 Å². The predicted octanol–water partition coefficient (Wildman–Crippen LogP) is 3.49. The van der Waals surface area contributed by atoms with E-state index in [2.05, 4.69) is 33.7 Å². The van der Waals surface area contributed by atoms with E-state index >= 15 is 0 Å². The molecule has 0 aromatic carbocycles. The number of hydrogen-bond donors (Lipinski definition) is 1. The summed E-state index contributed by atoms with van der Waals surface area (Å²) in [7, 11) is 0. The fourth-order valence-corrected chi connectivity index (χ4v) is 3.69. The minimum absolute atomic E-state index is 0.0913. The average Bonchev–Trinajstić information content (AvgIpc) is 3.05. The van der Waals surface area contributed by atoms with Crippen molar-refractivity contribution >= 4 is 17.4 Å². The summed E-state index contributed by atoms with van der Waals surface area (Å²) < 4.78 is 29.2. The molecule has 0 amide bonds. The number of pyridine rings is 1. The van der Waals surface area contributed by atoms with Crippen molar-refractivity contribution < 1.29 is 8.78 Å². The van der Waals surface area contributed by atoms with Crippen molar-refractivity contribution in [2.75, 3.05) is 23.7 Å². The molecule has 142 valence electrons. The lowest BCUT2D eigenvalue weighted by atomic mass is 9.95. The number of piperidine rings is 1. The fourth-order valence-electron chi connectivity index (χ4n) is 3.69. The van der Waals surface area contributed by atoms with E-state index in [-0.39, 0.29) is 23.4 Å². The Morgan fingerprint density at radius 2 is 2.04 bits per heavy atom. The molecule has 0 aliphatic carbocycles. The Morgan fingerprint density at radius 3 is 2.81 bits per heavy atom. The number of nitrogens with zero attached hydrogens (tertiary/aromatic N) is 5. The second-order valence-electron chi connectivity index (χ2n) is 7.33. The highest BCUT2D eigenvalue weighted by molar-refractivity contribution is 5.47. The molecule has 4 heterocycles. The van der Waals surface area contributed by atoms with Crippen LogP contribution in [0, 0.1) is 11.6 Å². The molecule has 3 aromatic rings. The Morgan fingerprint density at radius 1 is 1.22 bits per heavy atom. The van der Waals surface area contributed by atoms with Gasteiger partial charge in [0.25, 0.3) is 0 Å². The van der Waals surface area contributed by atoms with Crippen LogP contribution in [0.2, 0.25) is 0 Å². The Balaban J connectivity index is 1.66. The molecule has 8 heteroatoms. The van der Waals surface area contributed by atoms with Crippen LogP contribution in [-0.2, 0) is 0 Å². The van der Waals surface area contributed by atoms with Crippen molar-refractivity contribution in [1.29, 1.82) is 0 Å². The highest BCUT2D eigenvalue weighted by Crippen LogP contribution is 2.31. The van der Waals surface area contributed by atoms with Crippen LogP contribution in [0.1, 0.15) is 49.9 Å². The molecule has 27 heavy (non-hydrogen) atoms. The lowest BCUT2D eigenvalue weighted by Crippen LogP contribution is -2.35. The van der Waals surface area contributed by atoms with Gasteiger partial charge >= 0.3 is 0 Å². The normalized spacial score (nSPS) is 17.8. The number of hydrogen-bond acceptors (Lipinski definition) is 5. The monoisotopic (exact) mass is 372 g/mol. The van der Waals surface area contributed by atoms with Gasteiger partial charge in [-0.3, -0.25) is 4.40 Å². The van der Waals surface area contributed by atoms with Crippen LogP contribution in [0.4, 0.5) is 20.5 Å². The zero-order valence-electron chi connectivity index (χ0n) is 15.4. The van der Waals surface area contributed by atoms with Gasteiger partial charge in [0.1, 0.15) is 11.6 Å². The maximum Gasteiger partial charge on any atom is 0.222 e. The zero-order chi connectivity index (χ0) is 19.1. The molecule has 1 aliphatic heterocycles. The number of anilines is 2. The molecule has 0 saturated carbocycles. The lowest BCUT2D eigenvalue weighted by molar-refractivity contribution is 0.493. The van der Waals surface area contributed by atoms with Crippen molar-refractivity contribution in [2.45, 2.75) is 38.5 Å². The molecule has 1 aliphatic rings. The van der Waals surface area contributed by atoms with Crippen molar-refractivity contribution in [3.05, 3.63) is 47.5 Å². The van der Waals surface area contributed by atoms with Gasteiger partial charge in [0, 0.05) is 49.2 Å². The van der Waals surface area contributed by atoms with E-state index in [9.17, 15) is 8.78 Å². The summed E-state index contributed by atoms with van der Waals surface area (Å²) in [6.07, 6.45) is 4.79. The van der Waals surface area contributed by atoms with Gasteiger partial charge in [-0.25, -0.2) is 18.7 Å². The molecule has 1 fully saturated rings. The Bertz CT molecular complexity index is 984. The third-order valence-corrected chi connectivity index (χ3v) is 5.06. The first kappa shape index (κ1) is 17.6. The summed E-state index contributed by atoms with van der Waals surface area (Å²) in [6, 6.07) is 2.83. The molecule has 0 bridgehead atoms. The molecule has 3 aromatic heterocycles. The highest BCUT2D eigenvalue weighted by Gasteiger charge is 2.26. The molecule has 1 saturated heterocycles. The van der Waals surface area contributed by atoms with E-state index in [4.69, 9.17) is 5.73 Å². The Kier molecular flexibility index (Phi) is 4.41. The van der Waals surface area contributed by atoms with Crippen LogP contribution in [-0.4, -0.2) is 32.4 Å².